The van der Waals surface area contributed by atoms with E-state index in [1.807, 2.05) is 30.3 Å². The fraction of sp³-hybridized carbons (Fsp3) is 0.500. The van der Waals surface area contributed by atoms with Gasteiger partial charge in [0.05, 0.1) is 0 Å². The van der Waals surface area contributed by atoms with Crippen molar-refractivity contribution in [3.05, 3.63) is 35.9 Å². The van der Waals surface area contributed by atoms with Crippen LogP contribution in [0, 0.1) is 5.92 Å². The second kappa shape index (κ2) is 5.82. The molecule has 3 nitrogen and oxygen atoms in total. The van der Waals surface area contributed by atoms with Gasteiger partial charge in [-0.1, -0.05) is 30.3 Å². The fourth-order valence-electron chi connectivity index (χ4n) is 2.32. The molecule has 1 amide bonds. The first-order chi connectivity index (χ1) is 8.24. The van der Waals surface area contributed by atoms with Crippen LogP contribution >= 0.6 is 0 Å². The summed E-state index contributed by atoms with van der Waals surface area (Å²) in [6, 6.07) is 10.0. The van der Waals surface area contributed by atoms with Crippen LogP contribution < -0.4 is 5.32 Å². The summed E-state index contributed by atoms with van der Waals surface area (Å²) in [5.41, 5.74) is 1.16. The van der Waals surface area contributed by atoms with Crippen molar-refractivity contribution < 1.29 is 4.79 Å². The van der Waals surface area contributed by atoms with Crippen LogP contribution in [-0.2, 0) is 11.3 Å². The monoisotopic (exact) mass is 232 g/mol. The highest BCUT2D eigenvalue weighted by molar-refractivity contribution is 5.76. The molecule has 0 saturated carbocycles. The van der Waals surface area contributed by atoms with E-state index in [1.54, 1.807) is 0 Å². The number of carbonyl (C=O) groups excluding carboxylic acids is 1. The van der Waals surface area contributed by atoms with Gasteiger partial charge in [-0.25, -0.2) is 0 Å². The number of hydrogen-bond acceptors (Lipinski definition) is 2. The second-order valence-corrected chi connectivity index (χ2v) is 4.88. The molecule has 1 aliphatic heterocycles. The topological polar surface area (TPSA) is 32.3 Å². The first-order valence-electron chi connectivity index (χ1n) is 6.23. The van der Waals surface area contributed by atoms with Gasteiger partial charge in [0.25, 0.3) is 0 Å². The van der Waals surface area contributed by atoms with Crippen LogP contribution in [-0.4, -0.2) is 30.9 Å². The summed E-state index contributed by atoms with van der Waals surface area (Å²) in [6.07, 6.45) is 1.81. The third kappa shape index (κ3) is 3.86. The Morgan fingerprint density at radius 1 is 1.41 bits per heavy atom. The average molecular weight is 232 g/mol. The zero-order chi connectivity index (χ0) is 12.1. The number of benzene rings is 1. The van der Waals surface area contributed by atoms with E-state index in [9.17, 15) is 4.79 Å². The lowest BCUT2D eigenvalue weighted by Crippen LogP contribution is -2.26. The van der Waals surface area contributed by atoms with Gasteiger partial charge in [0.15, 0.2) is 0 Å². The van der Waals surface area contributed by atoms with Crippen LogP contribution in [0.1, 0.15) is 18.4 Å². The van der Waals surface area contributed by atoms with E-state index in [-0.39, 0.29) is 5.91 Å². The smallest absolute Gasteiger partial charge is 0.220 e. The third-order valence-corrected chi connectivity index (χ3v) is 3.30. The molecule has 1 unspecified atom stereocenters. The van der Waals surface area contributed by atoms with Crippen molar-refractivity contribution >= 4 is 5.91 Å². The minimum Gasteiger partial charge on any atom is -0.352 e. The molecule has 17 heavy (non-hydrogen) atoms. The van der Waals surface area contributed by atoms with Crippen molar-refractivity contribution in [1.29, 1.82) is 0 Å². The number of carbonyl (C=O) groups is 1. The van der Waals surface area contributed by atoms with Gasteiger partial charge in [0.1, 0.15) is 0 Å². The predicted molar refractivity (Wildman–Crippen MR) is 68.5 cm³/mol. The van der Waals surface area contributed by atoms with Crippen LogP contribution in [0.15, 0.2) is 30.3 Å². The van der Waals surface area contributed by atoms with Gasteiger partial charge in [-0.05, 0) is 31.5 Å². The SMILES string of the molecule is CN1CCC(CC(=O)NCc2ccccc2)C1. The average Bonchev–Trinajstić information content (AvgIpc) is 2.73. The highest BCUT2D eigenvalue weighted by Crippen LogP contribution is 2.17. The quantitative estimate of drug-likeness (QED) is 0.856. The Balaban J connectivity index is 1.71. The van der Waals surface area contributed by atoms with Crippen molar-refractivity contribution in [2.24, 2.45) is 5.92 Å². The maximum atomic E-state index is 11.7. The molecule has 0 bridgehead atoms. The number of likely N-dealkylation sites (tertiary alicyclic amines) is 1. The second-order valence-electron chi connectivity index (χ2n) is 4.88. The van der Waals surface area contributed by atoms with E-state index in [4.69, 9.17) is 0 Å². The molecule has 3 heteroatoms. The lowest BCUT2D eigenvalue weighted by Gasteiger charge is -2.10. The number of hydrogen-bond donors (Lipinski definition) is 1. The Labute approximate surface area is 103 Å². The molecule has 0 aromatic heterocycles. The van der Waals surface area contributed by atoms with E-state index >= 15 is 0 Å². The summed E-state index contributed by atoms with van der Waals surface area (Å²) in [5, 5.41) is 2.98. The Hall–Kier alpha value is -1.35. The summed E-state index contributed by atoms with van der Waals surface area (Å²) in [5.74, 6) is 0.713. The van der Waals surface area contributed by atoms with E-state index < -0.39 is 0 Å². The molecular formula is C14H20N2O. The molecule has 0 spiro atoms. The van der Waals surface area contributed by atoms with Gasteiger partial charge in [-0.3, -0.25) is 4.79 Å². The normalized spacial score (nSPS) is 20.4. The molecule has 1 aliphatic rings. The largest absolute Gasteiger partial charge is 0.352 e. The maximum absolute atomic E-state index is 11.7. The van der Waals surface area contributed by atoms with Gasteiger partial charge in [0.2, 0.25) is 5.91 Å². The van der Waals surface area contributed by atoms with Crippen LogP contribution in [0.2, 0.25) is 0 Å². The molecule has 1 N–H and O–H groups in total. The van der Waals surface area contributed by atoms with Crippen LogP contribution in [0.4, 0.5) is 0 Å². The van der Waals surface area contributed by atoms with Crippen molar-refractivity contribution in [3.8, 4) is 0 Å². The summed E-state index contributed by atoms with van der Waals surface area (Å²) < 4.78 is 0. The molecular weight excluding hydrogens is 212 g/mol. The molecule has 1 fully saturated rings. The number of amides is 1. The summed E-state index contributed by atoms with van der Waals surface area (Å²) in [4.78, 5) is 14.0. The van der Waals surface area contributed by atoms with Crippen LogP contribution in [0.3, 0.4) is 0 Å². The lowest BCUT2D eigenvalue weighted by molar-refractivity contribution is -0.122. The Morgan fingerprint density at radius 2 is 2.18 bits per heavy atom. The van der Waals surface area contributed by atoms with Gasteiger partial charge in [-0.15, -0.1) is 0 Å². The van der Waals surface area contributed by atoms with Crippen LogP contribution in [0.5, 0.6) is 0 Å². The van der Waals surface area contributed by atoms with Gasteiger partial charge < -0.3 is 10.2 Å². The zero-order valence-corrected chi connectivity index (χ0v) is 10.4. The molecule has 2 rings (SSSR count). The highest BCUT2D eigenvalue weighted by atomic mass is 16.1. The van der Waals surface area contributed by atoms with E-state index in [1.165, 1.54) is 0 Å². The standard InChI is InChI=1S/C14H20N2O/c1-16-8-7-13(11-16)9-14(17)15-10-12-5-3-2-4-6-12/h2-6,13H,7-11H2,1H3,(H,15,17). The molecule has 1 atom stereocenters. The molecule has 1 saturated heterocycles. The molecule has 0 radical (unpaired) electrons. The fourth-order valence-corrected chi connectivity index (χ4v) is 2.32. The Bertz CT molecular complexity index is 364. The molecule has 1 heterocycles. The summed E-state index contributed by atoms with van der Waals surface area (Å²) >= 11 is 0. The van der Waals surface area contributed by atoms with E-state index in [0.29, 0.717) is 18.9 Å². The van der Waals surface area contributed by atoms with E-state index in [0.717, 1.165) is 25.1 Å². The summed E-state index contributed by atoms with van der Waals surface area (Å²) in [6.45, 7) is 2.82. The summed E-state index contributed by atoms with van der Waals surface area (Å²) in [7, 11) is 2.11. The number of rotatable bonds is 4. The van der Waals surface area contributed by atoms with Gasteiger partial charge in [0, 0.05) is 19.5 Å². The van der Waals surface area contributed by atoms with Crippen molar-refractivity contribution in [1.82, 2.24) is 10.2 Å². The first kappa shape index (κ1) is 12.1. The van der Waals surface area contributed by atoms with Gasteiger partial charge in [-0.2, -0.15) is 0 Å². The van der Waals surface area contributed by atoms with Gasteiger partial charge >= 0.3 is 0 Å². The minimum absolute atomic E-state index is 0.175. The third-order valence-electron chi connectivity index (χ3n) is 3.30. The Morgan fingerprint density at radius 3 is 2.82 bits per heavy atom. The lowest BCUT2D eigenvalue weighted by atomic mass is 10.0. The number of nitrogens with one attached hydrogen (secondary N) is 1. The number of nitrogens with zero attached hydrogens (tertiary/aromatic N) is 1. The zero-order valence-electron chi connectivity index (χ0n) is 10.4. The van der Waals surface area contributed by atoms with Crippen molar-refractivity contribution in [3.63, 3.8) is 0 Å². The Kier molecular flexibility index (Phi) is 4.15. The van der Waals surface area contributed by atoms with Crippen molar-refractivity contribution in [2.75, 3.05) is 20.1 Å². The molecule has 92 valence electrons. The van der Waals surface area contributed by atoms with Crippen molar-refractivity contribution in [2.45, 2.75) is 19.4 Å². The van der Waals surface area contributed by atoms with E-state index in [2.05, 4.69) is 17.3 Å². The van der Waals surface area contributed by atoms with Crippen LogP contribution in [0.25, 0.3) is 0 Å². The molecule has 1 aromatic rings. The minimum atomic E-state index is 0.175. The highest BCUT2D eigenvalue weighted by Gasteiger charge is 2.21. The maximum Gasteiger partial charge on any atom is 0.220 e. The predicted octanol–water partition coefficient (Wildman–Crippen LogP) is 1.64. The molecule has 1 aromatic carbocycles. The first-order valence-corrected chi connectivity index (χ1v) is 6.23. The molecule has 0 aliphatic carbocycles.